The summed E-state index contributed by atoms with van der Waals surface area (Å²) in [5.74, 6) is 2.66. The number of methoxy groups -OCH3 is 1. The number of fused-ring (bicyclic) bond motifs is 1. The van der Waals surface area contributed by atoms with Gasteiger partial charge in [-0.25, -0.2) is 0 Å². The number of rotatable bonds is 5. The lowest BCUT2D eigenvalue weighted by Gasteiger charge is -2.22. The minimum absolute atomic E-state index is 0.620. The second-order valence-corrected chi connectivity index (χ2v) is 5.98. The second-order valence-electron chi connectivity index (χ2n) is 5.98. The number of furan rings is 1. The predicted molar refractivity (Wildman–Crippen MR) is 82.0 cm³/mol. The van der Waals surface area contributed by atoms with E-state index in [1.165, 1.54) is 5.69 Å². The highest BCUT2D eigenvalue weighted by Gasteiger charge is 2.22. The molecule has 0 aromatic carbocycles. The predicted octanol–water partition coefficient (Wildman–Crippen LogP) is 3.06. The minimum Gasteiger partial charge on any atom is -0.465 e. The summed E-state index contributed by atoms with van der Waals surface area (Å²) in [6.45, 7) is 6.86. The molecule has 0 spiro atoms. The molecule has 3 rings (SSSR count). The minimum atomic E-state index is 0.620. The van der Waals surface area contributed by atoms with Gasteiger partial charge in [0.05, 0.1) is 6.54 Å². The van der Waals surface area contributed by atoms with Crippen molar-refractivity contribution < 1.29 is 9.15 Å². The molecule has 4 heteroatoms. The maximum absolute atomic E-state index is 5.74. The number of ether oxygens (including phenoxy) is 1. The van der Waals surface area contributed by atoms with Gasteiger partial charge in [-0.1, -0.05) is 0 Å². The Morgan fingerprint density at radius 1 is 1.29 bits per heavy atom. The molecular weight excluding hydrogens is 264 g/mol. The SMILES string of the molecule is COCCC1CN(Cc2ccc(C)o2)Cc2cccn2C1. The first kappa shape index (κ1) is 14.4. The van der Waals surface area contributed by atoms with Crippen molar-refractivity contribution in [3.63, 3.8) is 0 Å². The molecule has 0 fully saturated rings. The summed E-state index contributed by atoms with van der Waals surface area (Å²) in [7, 11) is 1.78. The van der Waals surface area contributed by atoms with Crippen molar-refractivity contribution in [2.45, 2.75) is 33.0 Å². The summed E-state index contributed by atoms with van der Waals surface area (Å²) in [6, 6.07) is 8.49. The van der Waals surface area contributed by atoms with E-state index in [0.717, 1.165) is 50.7 Å². The molecule has 2 aromatic rings. The quantitative estimate of drug-likeness (QED) is 0.847. The van der Waals surface area contributed by atoms with Crippen molar-refractivity contribution in [2.24, 2.45) is 5.92 Å². The molecule has 114 valence electrons. The first-order valence-corrected chi connectivity index (χ1v) is 7.65. The summed E-state index contributed by atoms with van der Waals surface area (Å²) in [4.78, 5) is 2.48. The molecule has 1 atom stereocenters. The Bertz CT molecular complexity index is 573. The lowest BCUT2D eigenvalue weighted by molar-refractivity contribution is 0.148. The first-order chi connectivity index (χ1) is 10.2. The Hall–Kier alpha value is -1.52. The van der Waals surface area contributed by atoms with Crippen LogP contribution in [0.1, 0.15) is 23.6 Å². The van der Waals surface area contributed by atoms with E-state index < -0.39 is 0 Å². The number of aryl methyl sites for hydroxylation is 1. The van der Waals surface area contributed by atoms with Crippen LogP contribution in [0.2, 0.25) is 0 Å². The maximum atomic E-state index is 5.74. The van der Waals surface area contributed by atoms with Crippen molar-refractivity contribution in [3.8, 4) is 0 Å². The van der Waals surface area contributed by atoms with Crippen LogP contribution in [-0.2, 0) is 24.4 Å². The summed E-state index contributed by atoms with van der Waals surface area (Å²) < 4.78 is 13.4. The molecule has 0 aliphatic carbocycles. The topological polar surface area (TPSA) is 30.5 Å². The van der Waals surface area contributed by atoms with Gasteiger partial charge >= 0.3 is 0 Å². The monoisotopic (exact) mass is 288 g/mol. The molecule has 0 N–H and O–H groups in total. The van der Waals surface area contributed by atoms with Gasteiger partial charge in [-0.2, -0.15) is 0 Å². The van der Waals surface area contributed by atoms with Crippen LogP contribution in [0, 0.1) is 12.8 Å². The molecule has 0 amide bonds. The molecule has 0 saturated carbocycles. The molecule has 4 nitrogen and oxygen atoms in total. The summed E-state index contributed by atoms with van der Waals surface area (Å²) in [6.07, 6.45) is 3.29. The Labute approximate surface area is 126 Å². The smallest absolute Gasteiger partial charge is 0.118 e. The van der Waals surface area contributed by atoms with Crippen LogP contribution in [-0.4, -0.2) is 29.7 Å². The summed E-state index contributed by atoms with van der Waals surface area (Å²) in [5, 5.41) is 0. The summed E-state index contributed by atoms with van der Waals surface area (Å²) in [5.41, 5.74) is 1.39. The average Bonchev–Trinajstić information content (AvgIpc) is 3.02. The number of nitrogens with zero attached hydrogens (tertiary/aromatic N) is 2. The van der Waals surface area contributed by atoms with Crippen LogP contribution < -0.4 is 0 Å². The van der Waals surface area contributed by atoms with E-state index in [0.29, 0.717) is 5.92 Å². The zero-order chi connectivity index (χ0) is 14.7. The molecule has 0 radical (unpaired) electrons. The molecule has 21 heavy (non-hydrogen) atoms. The van der Waals surface area contributed by atoms with Crippen molar-refractivity contribution in [1.82, 2.24) is 9.47 Å². The highest BCUT2D eigenvalue weighted by molar-refractivity contribution is 5.10. The van der Waals surface area contributed by atoms with E-state index in [2.05, 4.69) is 33.9 Å². The van der Waals surface area contributed by atoms with Crippen LogP contribution in [0.15, 0.2) is 34.9 Å². The Balaban J connectivity index is 1.73. The van der Waals surface area contributed by atoms with E-state index in [1.54, 1.807) is 7.11 Å². The van der Waals surface area contributed by atoms with Gasteiger partial charge in [0, 0.05) is 45.2 Å². The molecule has 3 heterocycles. The van der Waals surface area contributed by atoms with E-state index in [4.69, 9.17) is 9.15 Å². The Morgan fingerprint density at radius 3 is 2.95 bits per heavy atom. The third-order valence-corrected chi connectivity index (χ3v) is 4.19. The third-order valence-electron chi connectivity index (χ3n) is 4.19. The van der Waals surface area contributed by atoms with Gasteiger partial charge in [-0.15, -0.1) is 0 Å². The van der Waals surface area contributed by atoms with E-state index in [-0.39, 0.29) is 0 Å². The van der Waals surface area contributed by atoms with Gasteiger partial charge in [0.15, 0.2) is 0 Å². The average molecular weight is 288 g/mol. The first-order valence-electron chi connectivity index (χ1n) is 7.65. The van der Waals surface area contributed by atoms with Crippen molar-refractivity contribution >= 4 is 0 Å². The molecule has 2 aromatic heterocycles. The lowest BCUT2D eigenvalue weighted by atomic mass is 10.1. The Kier molecular flexibility index (Phi) is 4.46. The molecule has 1 unspecified atom stereocenters. The highest BCUT2D eigenvalue weighted by Crippen LogP contribution is 2.21. The molecular formula is C17H24N2O2. The lowest BCUT2D eigenvalue weighted by Crippen LogP contribution is -2.28. The third kappa shape index (κ3) is 3.57. The van der Waals surface area contributed by atoms with Gasteiger partial charge in [0.25, 0.3) is 0 Å². The summed E-state index contributed by atoms with van der Waals surface area (Å²) >= 11 is 0. The molecule has 0 saturated heterocycles. The molecule has 1 aliphatic rings. The van der Waals surface area contributed by atoms with Gasteiger partial charge in [0.2, 0.25) is 0 Å². The highest BCUT2D eigenvalue weighted by atomic mass is 16.5. The zero-order valence-electron chi connectivity index (χ0n) is 12.9. The van der Waals surface area contributed by atoms with Gasteiger partial charge in [-0.3, -0.25) is 4.90 Å². The van der Waals surface area contributed by atoms with Gasteiger partial charge < -0.3 is 13.7 Å². The number of hydrogen-bond acceptors (Lipinski definition) is 3. The second kappa shape index (κ2) is 6.50. The van der Waals surface area contributed by atoms with Crippen molar-refractivity contribution in [3.05, 3.63) is 47.7 Å². The number of aromatic nitrogens is 1. The van der Waals surface area contributed by atoms with Crippen LogP contribution in [0.4, 0.5) is 0 Å². The fourth-order valence-corrected chi connectivity index (χ4v) is 3.14. The van der Waals surface area contributed by atoms with Crippen LogP contribution in [0.3, 0.4) is 0 Å². The molecule has 1 aliphatic heterocycles. The van der Waals surface area contributed by atoms with Crippen LogP contribution >= 0.6 is 0 Å². The van der Waals surface area contributed by atoms with Crippen molar-refractivity contribution in [1.29, 1.82) is 0 Å². The zero-order valence-corrected chi connectivity index (χ0v) is 12.9. The van der Waals surface area contributed by atoms with E-state index >= 15 is 0 Å². The fraction of sp³-hybridized carbons (Fsp3) is 0.529. The normalized spacial score (nSPS) is 19.4. The van der Waals surface area contributed by atoms with E-state index in [9.17, 15) is 0 Å². The Morgan fingerprint density at radius 2 is 2.19 bits per heavy atom. The standard InChI is InChI=1S/C17H24N2O2/c1-14-5-6-17(21-14)13-18-10-15(7-9-20-2)11-19-8-3-4-16(19)12-18/h3-6,8,15H,7,9-13H2,1-2H3. The number of hydrogen-bond donors (Lipinski definition) is 0. The van der Waals surface area contributed by atoms with Crippen molar-refractivity contribution in [2.75, 3.05) is 20.3 Å². The molecule has 0 bridgehead atoms. The van der Waals surface area contributed by atoms with Crippen LogP contribution in [0.5, 0.6) is 0 Å². The van der Waals surface area contributed by atoms with E-state index in [1.807, 2.05) is 13.0 Å². The van der Waals surface area contributed by atoms with Gasteiger partial charge in [0.1, 0.15) is 11.5 Å². The fourth-order valence-electron chi connectivity index (χ4n) is 3.14. The van der Waals surface area contributed by atoms with Gasteiger partial charge in [-0.05, 0) is 43.5 Å². The maximum Gasteiger partial charge on any atom is 0.118 e. The largest absolute Gasteiger partial charge is 0.465 e. The van der Waals surface area contributed by atoms with Crippen LogP contribution in [0.25, 0.3) is 0 Å².